The van der Waals surface area contributed by atoms with Gasteiger partial charge in [-0.25, -0.2) is 0 Å². The fraction of sp³-hybridized carbons (Fsp3) is 0.600. The van der Waals surface area contributed by atoms with E-state index in [1.807, 2.05) is 6.07 Å². The second kappa shape index (κ2) is 5.70. The third-order valence-corrected chi connectivity index (χ3v) is 4.27. The van der Waals surface area contributed by atoms with E-state index in [1.165, 1.54) is 26.4 Å². The lowest BCUT2D eigenvalue weighted by atomic mass is 9.69. The van der Waals surface area contributed by atoms with E-state index < -0.39 is 0 Å². The number of hydrogen-bond acceptors (Lipinski definition) is 4. The summed E-state index contributed by atoms with van der Waals surface area (Å²) < 4.78 is 10.5. The Bertz CT molecular complexity index is 439. The van der Waals surface area contributed by atoms with Gasteiger partial charge in [-0.3, -0.25) is 0 Å². The Balaban J connectivity index is 2.46. The molecule has 1 aromatic carbocycles. The first kappa shape index (κ1) is 14.0. The Morgan fingerprint density at radius 3 is 2.37 bits per heavy atom. The first-order valence-electron chi connectivity index (χ1n) is 6.82. The quantitative estimate of drug-likeness (QED) is 0.878. The smallest absolute Gasteiger partial charge is 0.203 e. The fourth-order valence-corrected chi connectivity index (χ4v) is 3.09. The molecule has 2 rings (SSSR count). The van der Waals surface area contributed by atoms with Crippen LogP contribution in [0, 0.1) is 0 Å². The molecule has 1 aromatic rings. The van der Waals surface area contributed by atoms with Gasteiger partial charge in [0.25, 0.3) is 0 Å². The molecular weight excluding hydrogens is 242 g/mol. The molecule has 1 aliphatic carbocycles. The van der Waals surface area contributed by atoms with Gasteiger partial charge in [0.05, 0.1) is 14.2 Å². The summed E-state index contributed by atoms with van der Waals surface area (Å²) in [6, 6.07) is 3.73. The van der Waals surface area contributed by atoms with Crippen LogP contribution in [0.2, 0.25) is 0 Å². The molecular formula is C15H23NO3. The predicted molar refractivity (Wildman–Crippen MR) is 75.0 cm³/mol. The maximum Gasteiger partial charge on any atom is 0.203 e. The second-order valence-corrected chi connectivity index (χ2v) is 5.28. The van der Waals surface area contributed by atoms with E-state index in [0.717, 1.165) is 18.4 Å². The Hall–Kier alpha value is -1.42. The summed E-state index contributed by atoms with van der Waals surface area (Å²) >= 11 is 0. The van der Waals surface area contributed by atoms with Gasteiger partial charge in [-0.15, -0.1) is 0 Å². The molecule has 0 spiro atoms. The molecule has 0 aliphatic heterocycles. The fourth-order valence-electron chi connectivity index (χ4n) is 3.09. The van der Waals surface area contributed by atoms with Gasteiger partial charge in [-0.05, 0) is 30.5 Å². The molecule has 1 aliphatic rings. The molecule has 0 amide bonds. The number of ether oxygens (including phenoxy) is 2. The van der Waals surface area contributed by atoms with Gasteiger partial charge in [0.15, 0.2) is 11.5 Å². The van der Waals surface area contributed by atoms with Crippen LogP contribution in [0.4, 0.5) is 0 Å². The molecule has 3 N–H and O–H groups in total. The molecule has 0 bridgehead atoms. The van der Waals surface area contributed by atoms with E-state index in [-0.39, 0.29) is 11.2 Å². The SMILES string of the molecule is COc1cc(C2(CN)CCCCC2)cc(O)c1OC. The lowest BCUT2D eigenvalue weighted by Crippen LogP contribution is -2.37. The van der Waals surface area contributed by atoms with Crippen molar-refractivity contribution in [1.29, 1.82) is 0 Å². The summed E-state index contributed by atoms with van der Waals surface area (Å²) in [6.45, 7) is 0.599. The van der Waals surface area contributed by atoms with E-state index in [9.17, 15) is 5.11 Å². The number of phenols is 1. The molecule has 19 heavy (non-hydrogen) atoms. The number of aromatic hydroxyl groups is 1. The zero-order valence-corrected chi connectivity index (χ0v) is 11.7. The summed E-state index contributed by atoms with van der Waals surface area (Å²) in [6.07, 6.45) is 5.77. The van der Waals surface area contributed by atoms with E-state index in [2.05, 4.69) is 0 Å². The average molecular weight is 265 g/mol. The van der Waals surface area contributed by atoms with Crippen molar-refractivity contribution in [2.45, 2.75) is 37.5 Å². The third kappa shape index (κ3) is 2.50. The van der Waals surface area contributed by atoms with Crippen molar-refractivity contribution in [1.82, 2.24) is 0 Å². The zero-order valence-electron chi connectivity index (χ0n) is 11.7. The van der Waals surface area contributed by atoms with Crippen LogP contribution in [0.3, 0.4) is 0 Å². The molecule has 4 nitrogen and oxygen atoms in total. The molecule has 0 unspecified atom stereocenters. The summed E-state index contributed by atoms with van der Waals surface area (Å²) in [5.74, 6) is 1.07. The predicted octanol–water partition coefficient (Wildman–Crippen LogP) is 2.57. The number of rotatable bonds is 4. The van der Waals surface area contributed by atoms with Gasteiger partial charge in [0.1, 0.15) is 0 Å². The maximum atomic E-state index is 10.1. The Morgan fingerprint density at radius 1 is 1.16 bits per heavy atom. The van der Waals surface area contributed by atoms with Gasteiger partial charge in [-0.2, -0.15) is 0 Å². The number of phenolic OH excluding ortho intramolecular Hbond substituents is 1. The highest BCUT2D eigenvalue weighted by atomic mass is 16.5. The second-order valence-electron chi connectivity index (χ2n) is 5.28. The molecule has 0 atom stereocenters. The Morgan fingerprint density at radius 2 is 1.84 bits per heavy atom. The van der Waals surface area contributed by atoms with Gasteiger partial charge in [0.2, 0.25) is 5.75 Å². The van der Waals surface area contributed by atoms with Gasteiger partial charge < -0.3 is 20.3 Å². The highest BCUT2D eigenvalue weighted by Gasteiger charge is 2.34. The van der Waals surface area contributed by atoms with Gasteiger partial charge >= 0.3 is 0 Å². The normalized spacial score (nSPS) is 18.1. The minimum absolute atomic E-state index is 0.0325. The van der Waals surface area contributed by atoms with Gasteiger partial charge in [-0.1, -0.05) is 19.3 Å². The van der Waals surface area contributed by atoms with Crippen molar-refractivity contribution >= 4 is 0 Å². The van der Waals surface area contributed by atoms with E-state index in [1.54, 1.807) is 13.2 Å². The van der Waals surface area contributed by atoms with Crippen molar-refractivity contribution in [2.24, 2.45) is 5.73 Å². The minimum Gasteiger partial charge on any atom is -0.504 e. The number of hydrogen-bond donors (Lipinski definition) is 2. The van der Waals surface area contributed by atoms with E-state index >= 15 is 0 Å². The molecule has 0 aromatic heterocycles. The van der Waals surface area contributed by atoms with Crippen LogP contribution >= 0.6 is 0 Å². The van der Waals surface area contributed by atoms with E-state index in [4.69, 9.17) is 15.2 Å². The molecule has 1 saturated carbocycles. The lowest BCUT2D eigenvalue weighted by Gasteiger charge is -2.37. The summed E-state index contributed by atoms with van der Waals surface area (Å²) in [7, 11) is 3.10. The molecule has 0 saturated heterocycles. The number of benzene rings is 1. The topological polar surface area (TPSA) is 64.7 Å². The van der Waals surface area contributed by atoms with Crippen molar-refractivity contribution in [3.63, 3.8) is 0 Å². The Kier molecular flexibility index (Phi) is 4.20. The van der Waals surface area contributed by atoms with Crippen LogP contribution in [0.25, 0.3) is 0 Å². The van der Waals surface area contributed by atoms with Crippen LogP contribution in [0.1, 0.15) is 37.7 Å². The van der Waals surface area contributed by atoms with Crippen molar-refractivity contribution in [3.05, 3.63) is 17.7 Å². The molecule has 0 heterocycles. The van der Waals surface area contributed by atoms with Crippen LogP contribution in [0.15, 0.2) is 12.1 Å². The summed E-state index contributed by atoms with van der Waals surface area (Å²) in [5, 5.41) is 10.1. The van der Waals surface area contributed by atoms with Crippen molar-refractivity contribution in [3.8, 4) is 17.2 Å². The van der Waals surface area contributed by atoms with Gasteiger partial charge in [0, 0.05) is 12.0 Å². The third-order valence-electron chi connectivity index (χ3n) is 4.27. The highest BCUT2D eigenvalue weighted by molar-refractivity contribution is 5.54. The van der Waals surface area contributed by atoms with Crippen LogP contribution < -0.4 is 15.2 Å². The highest BCUT2D eigenvalue weighted by Crippen LogP contribution is 2.45. The average Bonchev–Trinajstić information content (AvgIpc) is 2.47. The molecule has 4 heteroatoms. The zero-order chi connectivity index (χ0) is 13.9. The standard InChI is InChI=1S/C15H23NO3/c1-18-13-9-11(8-12(17)14(13)19-2)15(10-16)6-4-3-5-7-15/h8-9,17H,3-7,10,16H2,1-2H3. The molecule has 106 valence electrons. The van der Waals surface area contributed by atoms with Crippen LogP contribution in [-0.2, 0) is 5.41 Å². The monoisotopic (exact) mass is 265 g/mol. The van der Waals surface area contributed by atoms with Crippen molar-refractivity contribution < 1.29 is 14.6 Å². The summed E-state index contributed by atoms with van der Waals surface area (Å²) in [5.41, 5.74) is 7.06. The molecule has 1 fully saturated rings. The Labute approximate surface area is 114 Å². The number of methoxy groups -OCH3 is 2. The minimum atomic E-state index is -0.0325. The molecule has 0 radical (unpaired) electrons. The van der Waals surface area contributed by atoms with Crippen molar-refractivity contribution in [2.75, 3.05) is 20.8 Å². The van der Waals surface area contributed by atoms with Crippen LogP contribution in [-0.4, -0.2) is 25.9 Å². The first-order valence-corrected chi connectivity index (χ1v) is 6.82. The maximum absolute atomic E-state index is 10.1. The summed E-state index contributed by atoms with van der Waals surface area (Å²) in [4.78, 5) is 0. The first-order chi connectivity index (χ1) is 9.16. The van der Waals surface area contributed by atoms with Crippen LogP contribution in [0.5, 0.6) is 17.2 Å². The largest absolute Gasteiger partial charge is 0.504 e. The van der Waals surface area contributed by atoms with E-state index in [0.29, 0.717) is 18.0 Å². The lowest BCUT2D eigenvalue weighted by molar-refractivity contribution is 0.293. The number of nitrogens with two attached hydrogens (primary N) is 1.